The Hall–Kier alpha value is -1.96. The van der Waals surface area contributed by atoms with Crippen LogP contribution in [0.1, 0.15) is 25.1 Å². The molecule has 0 saturated carbocycles. The van der Waals surface area contributed by atoms with Crippen molar-refractivity contribution in [2.45, 2.75) is 19.4 Å². The topological polar surface area (TPSA) is 25.2 Å². The van der Waals surface area contributed by atoms with Crippen molar-refractivity contribution >= 4 is 6.21 Å². The van der Waals surface area contributed by atoms with Gasteiger partial charge in [-0.1, -0.05) is 36.4 Å². The van der Waals surface area contributed by atoms with E-state index in [4.69, 9.17) is 0 Å². The number of hydrogen-bond acceptors (Lipinski definition) is 2. The Kier molecular flexibility index (Phi) is 3.33. The third-order valence-corrected chi connectivity index (χ3v) is 2.69. The quantitative estimate of drug-likeness (QED) is 0.733. The van der Waals surface area contributed by atoms with E-state index in [-0.39, 0.29) is 5.54 Å². The van der Waals surface area contributed by atoms with Gasteiger partial charge in [-0.05, 0) is 31.5 Å². The minimum absolute atomic E-state index is 0.223. The zero-order valence-corrected chi connectivity index (χ0v) is 10.2. The molecule has 0 aliphatic carbocycles. The standard InChI is InChI=1S/C15H16N2/c1-15(2,13-8-4-3-5-9-13)17-12-14-10-6-7-11-16-14/h3-12H,1-2H3/b17-12+. The molecule has 17 heavy (non-hydrogen) atoms. The van der Waals surface area contributed by atoms with Gasteiger partial charge in [0.05, 0.1) is 11.2 Å². The molecule has 1 aromatic carbocycles. The van der Waals surface area contributed by atoms with Crippen LogP contribution >= 0.6 is 0 Å². The van der Waals surface area contributed by atoms with Gasteiger partial charge in [-0.3, -0.25) is 9.98 Å². The van der Waals surface area contributed by atoms with Gasteiger partial charge in [0.25, 0.3) is 0 Å². The van der Waals surface area contributed by atoms with Gasteiger partial charge in [0.2, 0.25) is 0 Å². The fraction of sp³-hybridized carbons (Fsp3) is 0.200. The van der Waals surface area contributed by atoms with Crippen molar-refractivity contribution in [1.82, 2.24) is 4.98 Å². The summed E-state index contributed by atoms with van der Waals surface area (Å²) in [6, 6.07) is 16.1. The highest BCUT2D eigenvalue weighted by Crippen LogP contribution is 2.23. The van der Waals surface area contributed by atoms with E-state index in [1.807, 2.05) is 42.6 Å². The van der Waals surface area contributed by atoms with Gasteiger partial charge in [0, 0.05) is 12.4 Å². The minimum Gasteiger partial charge on any atom is -0.280 e. The maximum absolute atomic E-state index is 4.61. The second kappa shape index (κ2) is 4.91. The van der Waals surface area contributed by atoms with Crippen LogP contribution in [0.2, 0.25) is 0 Å². The Morgan fingerprint density at radius 1 is 1.00 bits per heavy atom. The number of pyridine rings is 1. The van der Waals surface area contributed by atoms with E-state index < -0.39 is 0 Å². The highest BCUT2D eigenvalue weighted by molar-refractivity contribution is 5.77. The Labute approximate surface area is 102 Å². The molecule has 2 heteroatoms. The monoisotopic (exact) mass is 224 g/mol. The average molecular weight is 224 g/mol. The summed E-state index contributed by atoms with van der Waals surface area (Å²) in [6.45, 7) is 4.20. The van der Waals surface area contributed by atoms with Crippen LogP contribution < -0.4 is 0 Å². The van der Waals surface area contributed by atoms with Crippen LogP contribution in [-0.2, 0) is 5.54 Å². The van der Waals surface area contributed by atoms with Gasteiger partial charge in [-0.15, -0.1) is 0 Å². The molecule has 0 N–H and O–H groups in total. The first kappa shape index (κ1) is 11.5. The summed E-state index contributed by atoms with van der Waals surface area (Å²) >= 11 is 0. The summed E-state index contributed by atoms with van der Waals surface area (Å²) in [5.41, 5.74) is 1.86. The van der Waals surface area contributed by atoms with Crippen molar-refractivity contribution in [2.75, 3.05) is 0 Å². The molecule has 0 fully saturated rings. The van der Waals surface area contributed by atoms with Crippen molar-refractivity contribution in [3.05, 3.63) is 66.0 Å². The molecule has 1 heterocycles. The second-order valence-electron chi connectivity index (χ2n) is 4.44. The zero-order chi connectivity index (χ0) is 12.1. The molecule has 0 bridgehead atoms. The van der Waals surface area contributed by atoms with E-state index in [1.54, 1.807) is 6.20 Å². The summed E-state index contributed by atoms with van der Waals surface area (Å²) in [7, 11) is 0. The van der Waals surface area contributed by atoms with E-state index in [2.05, 4.69) is 36.0 Å². The number of aromatic nitrogens is 1. The summed E-state index contributed by atoms with van der Waals surface area (Å²) in [6.07, 6.45) is 3.60. The molecule has 1 aromatic heterocycles. The van der Waals surface area contributed by atoms with Gasteiger partial charge >= 0.3 is 0 Å². The normalized spacial score (nSPS) is 11.9. The number of benzene rings is 1. The third kappa shape index (κ3) is 3.00. The molecule has 2 nitrogen and oxygen atoms in total. The Balaban J connectivity index is 2.21. The number of rotatable bonds is 3. The first-order valence-electron chi connectivity index (χ1n) is 5.70. The van der Waals surface area contributed by atoms with Crippen molar-refractivity contribution in [3.63, 3.8) is 0 Å². The molecule has 86 valence electrons. The minimum atomic E-state index is -0.223. The molecule has 0 aliphatic heterocycles. The maximum atomic E-state index is 4.61. The molecule has 2 rings (SSSR count). The molecule has 0 radical (unpaired) electrons. The molecular weight excluding hydrogens is 208 g/mol. The van der Waals surface area contributed by atoms with Crippen LogP contribution in [0.4, 0.5) is 0 Å². The summed E-state index contributed by atoms with van der Waals surface area (Å²) in [5, 5.41) is 0. The van der Waals surface area contributed by atoms with Crippen molar-refractivity contribution in [3.8, 4) is 0 Å². The molecule has 0 atom stereocenters. The Bertz CT molecular complexity index is 487. The van der Waals surface area contributed by atoms with Crippen molar-refractivity contribution in [1.29, 1.82) is 0 Å². The van der Waals surface area contributed by atoms with Crippen LogP contribution in [0, 0.1) is 0 Å². The van der Waals surface area contributed by atoms with Crippen molar-refractivity contribution < 1.29 is 0 Å². The van der Waals surface area contributed by atoms with Crippen LogP contribution in [0.5, 0.6) is 0 Å². The second-order valence-corrected chi connectivity index (χ2v) is 4.44. The van der Waals surface area contributed by atoms with Gasteiger partial charge in [0.15, 0.2) is 0 Å². The van der Waals surface area contributed by atoms with E-state index in [9.17, 15) is 0 Å². The fourth-order valence-electron chi connectivity index (χ4n) is 1.60. The summed E-state index contributed by atoms with van der Waals surface area (Å²) < 4.78 is 0. The van der Waals surface area contributed by atoms with Crippen LogP contribution in [-0.4, -0.2) is 11.2 Å². The maximum Gasteiger partial charge on any atom is 0.0808 e. The summed E-state index contributed by atoms with van der Waals surface area (Å²) in [4.78, 5) is 8.84. The number of aliphatic imine (C=N–C) groups is 1. The van der Waals surface area contributed by atoms with Gasteiger partial charge in [0.1, 0.15) is 0 Å². The van der Waals surface area contributed by atoms with Gasteiger partial charge in [-0.25, -0.2) is 0 Å². The molecule has 0 saturated heterocycles. The lowest BCUT2D eigenvalue weighted by molar-refractivity contribution is 0.561. The van der Waals surface area contributed by atoms with E-state index in [0.717, 1.165) is 5.69 Å². The lowest BCUT2D eigenvalue weighted by Crippen LogP contribution is -2.14. The van der Waals surface area contributed by atoms with Crippen LogP contribution in [0.25, 0.3) is 0 Å². The SMILES string of the molecule is CC(C)(/N=C/c1ccccn1)c1ccccc1. The summed E-state index contributed by atoms with van der Waals surface area (Å²) in [5.74, 6) is 0. The molecule has 2 aromatic rings. The van der Waals surface area contributed by atoms with Gasteiger partial charge in [-0.2, -0.15) is 0 Å². The molecular formula is C15H16N2. The number of hydrogen-bond donors (Lipinski definition) is 0. The first-order valence-corrected chi connectivity index (χ1v) is 5.70. The predicted molar refractivity (Wildman–Crippen MR) is 71.3 cm³/mol. The lowest BCUT2D eigenvalue weighted by Gasteiger charge is -2.19. The molecule has 0 amide bonds. The van der Waals surface area contributed by atoms with Crippen LogP contribution in [0.3, 0.4) is 0 Å². The van der Waals surface area contributed by atoms with E-state index in [1.165, 1.54) is 5.56 Å². The van der Waals surface area contributed by atoms with E-state index >= 15 is 0 Å². The van der Waals surface area contributed by atoms with E-state index in [0.29, 0.717) is 0 Å². The average Bonchev–Trinajstić information content (AvgIpc) is 2.39. The zero-order valence-electron chi connectivity index (χ0n) is 10.2. The lowest BCUT2D eigenvalue weighted by atomic mass is 9.95. The predicted octanol–water partition coefficient (Wildman–Crippen LogP) is 3.44. The molecule has 0 spiro atoms. The third-order valence-electron chi connectivity index (χ3n) is 2.69. The smallest absolute Gasteiger partial charge is 0.0808 e. The molecule has 0 unspecified atom stereocenters. The Morgan fingerprint density at radius 3 is 2.35 bits per heavy atom. The van der Waals surface area contributed by atoms with Gasteiger partial charge < -0.3 is 0 Å². The fourth-order valence-corrected chi connectivity index (χ4v) is 1.60. The number of nitrogens with zero attached hydrogens (tertiary/aromatic N) is 2. The Morgan fingerprint density at radius 2 is 1.71 bits per heavy atom. The largest absolute Gasteiger partial charge is 0.280 e. The first-order chi connectivity index (χ1) is 8.18. The van der Waals surface area contributed by atoms with Crippen molar-refractivity contribution in [2.24, 2.45) is 4.99 Å². The van der Waals surface area contributed by atoms with Crippen LogP contribution in [0.15, 0.2) is 59.7 Å². The highest BCUT2D eigenvalue weighted by Gasteiger charge is 2.17. The highest BCUT2D eigenvalue weighted by atomic mass is 14.8. The molecule has 0 aliphatic rings.